The molecule has 2 aromatic rings. The molecule has 0 unspecified atom stereocenters. The van der Waals surface area contributed by atoms with Crippen LogP contribution in [0.3, 0.4) is 0 Å². The molecule has 0 amide bonds. The molecule has 0 bridgehead atoms. The molecule has 0 aromatic carbocycles. The SMILES string of the molecule is CN(C)c1cc(NCC2CN(c3ccc(C4CC4)nn3)C2)ncn1. The zero-order valence-electron chi connectivity index (χ0n) is 14.2. The van der Waals surface area contributed by atoms with Crippen molar-refractivity contribution in [1.29, 1.82) is 0 Å². The van der Waals surface area contributed by atoms with Crippen molar-refractivity contribution in [2.75, 3.05) is 48.8 Å². The standard InChI is InChI=1S/C17H23N7/c1-23(2)17-7-15(19-11-20-17)18-8-12-9-24(10-12)16-6-5-14(21-22-16)13-3-4-13/h5-7,11-13H,3-4,8-10H2,1-2H3,(H,18,19,20). The lowest BCUT2D eigenvalue weighted by molar-refractivity contribution is 0.425. The maximum atomic E-state index is 4.38. The summed E-state index contributed by atoms with van der Waals surface area (Å²) in [5.41, 5.74) is 1.15. The minimum Gasteiger partial charge on any atom is -0.369 e. The summed E-state index contributed by atoms with van der Waals surface area (Å²) in [6.45, 7) is 2.93. The number of rotatable bonds is 6. The molecule has 7 heteroatoms. The smallest absolute Gasteiger partial charge is 0.151 e. The first-order chi connectivity index (χ1) is 11.7. The van der Waals surface area contributed by atoms with Gasteiger partial charge in [0.2, 0.25) is 0 Å². The average molecular weight is 325 g/mol. The molecule has 2 aliphatic rings. The van der Waals surface area contributed by atoms with Crippen LogP contribution in [0, 0.1) is 5.92 Å². The molecule has 2 fully saturated rings. The third kappa shape index (κ3) is 3.25. The fraction of sp³-hybridized carbons (Fsp3) is 0.529. The average Bonchev–Trinajstić information content (AvgIpc) is 3.39. The topological polar surface area (TPSA) is 70.1 Å². The van der Waals surface area contributed by atoms with Crippen molar-refractivity contribution in [3.05, 3.63) is 30.2 Å². The summed E-state index contributed by atoms with van der Waals surface area (Å²) in [5, 5.41) is 12.1. The van der Waals surface area contributed by atoms with E-state index in [4.69, 9.17) is 0 Å². The summed E-state index contributed by atoms with van der Waals surface area (Å²) < 4.78 is 0. The van der Waals surface area contributed by atoms with Gasteiger partial charge in [0, 0.05) is 51.6 Å². The highest BCUT2D eigenvalue weighted by Gasteiger charge is 2.29. The Kier molecular flexibility index (Phi) is 3.92. The Morgan fingerprint density at radius 2 is 2.00 bits per heavy atom. The minimum absolute atomic E-state index is 0.604. The molecule has 0 spiro atoms. The van der Waals surface area contributed by atoms with E-state index >= 15 is 0 Å². The van der Waals surface area contributed by atoms with E-state index in [9.17, 15) is 0 Å². The Balaban J connectivity index is 1.26. The van der Waals surface area contributed by atoms with E-state index in [0.29, 0.717) is 11.8 Å². The number of hydrogen-bond donors (Lipinski definition) is 1. The van der Waals surface area contributed by atoms with Gasteiger partial charge in [0.1, 0.15) is 18.0 Å². The van der Waals surface area contributed by atoms with Crippen LogP contribution in [0.1, 0.15) is 24.5 Å². The predicted molar refractivity (Wildman–Crippen MR) is 94.6 cm³/mol. The van der Waals surface area contributed by atoms with Crippen LogP contribution in [-0.2, 0) is 0 Å². The second-order valence-electron chi connectivity index (χ2n) is 6.90. The first kappa shape index (κ1) is 15.1. The molecule has 24 heavy (non-hydrogen) atoms. The molecule has 126 valence electrons. The van der Waals surface area contributed by atoms with Crippen LogP contribution < -0.4 is 15.1 Å². The van der Waals surface area contributed by atoms with Crippen molar-refractivity contribution in [1.82, 2.24) is 20.2 Å². The summed E-state index contributed by atoms with van der Waals surface area (Å²) in [6, 6.07) is 6.21. The van der Waals surface area contributed by atoms with Crippen LogP contribution >= 0.6 is 0 Å². The van der Waals surface area contributed by atoms with Gasteiger partial charge in [0.15, 0.2) is 5.82 Å². The van der Waals surface area contributed by atoms with Gasteiger partial charge in [-0.05, 0) is 25.0 Å². The zero-order chi connectivity index (χ0) is 16.5. The summed E-state index contributed by atoms with van der Waals surface area (Å²) in [5.74, 6) is 4.05. The van der Waals surface area contributed by atoms with Crippen molar-refractivity contribution in [3.8, 4) is 0 Å². The first-order valence-electron chi connectivity index (χ1n) is 8.51. The molecule has 1 saturated carbocycles. The van der Waals surface area contributed by atoms with E-state index in [1.807, 2.05) is 25.1 Å². The van der Waals surface area contributed by atoms with Crippen LogP contribution in [0.15, 0.2) is 24.5 Å². The van der Waals surface area contributed by atoms with Gasteiger partial charge in [-0.25, -0.2) is 9.97 Å². The summed E-state index contributed by atoms with van der Waals surface area (Å²) in [4.78, 5) is 12.8. The van der Waals surface area contributed by atoms with Crippen molar-refractivity contribution in [2.24, 2.45) is 5.92 Å². The Morgan fingerprint density at radius 1 is 1.17 bits per heavy atom. The highest BCUT2D eigenvalue weighted by Crippen LogP contribution is 2.38. The molecule has 0 radical (unpaired) electrons. The van der Waals surface area contributed by atoms with Gasteiger partial charge in [-0.3, -0.25) is 0 Å². The molecule has 7 nitrogen and oxygen atoms in total. The summed E-state index contributed by atoms with van der Waals surface area (Å²) in [7, 11) is 3.96. The lowest BCUT2D eigenvalue weighted by Gasteiger charge is -2.40. The Bertz CT molecular complexity index is 690. The van der Waals surface area contributed by atoms with Gasteiger partial charge in [-0.1, -0.05) is 0 Å². The molecule has 2 aromatic heterocycles. The normalized spacial score (nSPS) is 17.5. The van der Waals surface area contributed by atoms with E-state index in [0.717, 1.165) is 42.8 Å². The number of anilines is 3. The molecule has 3 heterocycles. The van der Waals surface area contributed by atoms with Gasteiger partial charge in [-0.15, -0.1) is 5.10 Å². The van der Waals surface area contributed by atoms with E-state index < -0.39 is 0 Å². The zero-order valence-corrected chi connectivity index (χ0v) is 14.2. The number of nitrogens with one attached hydrogen (secondary N) is 1. The van der Waals surface area contributed by atoms with Gasteiger partial charge < -0.3 is 15.1 Å². The van der Waals surface area contributed by atoms with Gasteiger partial charge in [-0.2, -0.15) is 5.10 Å². The van der Waals surface area contributed by atoms with E-state index in [1.165, 1.54) is 12.8 Å². The fourth-order valence-electron chi connectivity index (χ4n) is 2.92. The van der Waals surface area contributed by atoms with Crippen LogP contribution in [0.25, 0.3) is 0 Å². The number of hydrogen-bond acceptors (Lipinski definition) is 7. The quantitative estimate of drug-likeness (QED) is 0.867. The highest BCUT2D eigenvalue weighted by atomic mass is 15.3. The predicted octanol–water partition coefficient (Wildman–Crippen LogP) is 1.76. The molecule has 0 atom stereocenters. The molecule has 4 rings (SSSR count). The molecular weight excluding hydrogens is 302 g/mol. The lowest BCUT2D eigenvalue weighted by Crippen LogP contribution is -2.50. The van der Waals surface area contributed by atoms with Crippen molar-refractivity contribution in [2.45, 2.75) is 18.8 Å². The fourth-order valence-corrected chi connectivity index (χ4v) is 2.92. The maximum absolute atomic E-state index is 4.38. The second kappa shape index (κ2) is 6.22. The minimum atomic E-state index is 0.604. The Morgan fingerprint density at radius 3 is 2.67 bits per heavy atom. The van der Waals surface area contributed by atoms with E-state index in [2.05, 4.69) is 42.5 Å². The van der Waals surface area contributed by atoms with Crippen LogP contribution in [0.5, 0.6) is 0 Å². The van der Waals surface area contributed by atoms with Gasteiger partial charge in [0.05, 0.1) is 5.69 Å². The third-order valence-corrected chi connectivity index (χ3v) is 4.63. The molecular formula is C17H23N7. The molecule has 1 saturated heterocycles. The largest absolute Gasteiger partial charge is 0.369 e. The van der Waals surface area contributed by atoms with Crippen molar-refractivity contribution in [3.63, 3.8) is 0 Å². The van der Waals surface area contributed by atoms with E-state index in [-0.39, 0.29) is 0 Å². The van der Waals surface area contributed by atoms with Crippen LogP contribution in [-0.4, -0.2) is 53.9 Å². The monoisotopic (exact) mass is 325 g/mol. The maximum Gasteiger partial charge on any atom is 0.151 e. The van der Waals surface area contributed by atoms with Crippen LogP contribution in [0.4, 0.5) is 17.5 Å². The van der Waals surface area contributed by atoms with Crippen molar-refractivity contribution >= 4 is 17.5 Å². The Labute approximate surface area is 142 Å². The molecule has 1 aliphatic heterocycles. The summed E-state index contributed by atoms with van der Waals surface area (Å²) >= 11 is 0. The summed E-state index contributed by atoms with van der Waals surface area (Å²) in [6.07, 6.45) is 4.13. The number of aromatic nitrogens is 4. The van der Waals surface area contributed by atoms with E-state index in [1.54, 1.807) is 6.33 Å². The second-order valence-corrected chi connectivity index (χ2v) is 6.90. The van der Waals surface area contributed by atoms with Gasteiger partial charge in [0.25, 0.3) is 0 Å². The highest BCUT2D eigenvalue weighted by molar-refractivity contribution is 5.48. The van der Waals surface area contributed by atoms with Gasteiger partial charge >= 0.3 is 0 Å². The third-order valence-electron chi connectivity index (χ3n) is 4.63. The lowest BCUT2D eigenvalue weighted by atomic mass is 10.0. The first-order valence-corrected chi connectivity index (χ1v) is 8.51. The molecule has 1 aliphatic carbocycles. The molecule has 1 N–H and O–H groups in total. The Hall–Kier alpha value is -2.44. The van der Waals surface area contributed by atoms with Crippen molar-refractivity contribution < 1.29 is 0 Å². The van der Waals surface area contributed by atoms with Crippen LogP contribution in [0.2, 0.25) is 0 Å². The number of nitrogens with zero attached hydrogens (tertiary/aromatic N) is 6.